The second-order valence-electron chi connectivity index (χ2n) is 9.42. The highest BCUT2D eigenvalue weighted by atomic mass is 32.2. The summed E-state index contributed by atoms with van der Waals surface area (Å²) in [6, 6.07) is 12.7. The maximum Gasteiger partial charge on any atom is 0.325 e. The van der Waals surface area contributed by atoms with Crippen LogP contribution in [0.3, 0.4) is 0 Å². The van der Waals surface area contributed by atoms with E-state index in [9.17, 15) is 22.4 Å². The summed E-state index contributed by atoms with van der Waals surface area (Å²) in [5.41, 5.74) is 0.687. The summed E-state index contributed by atoms with van der Waals surface area (Å²) in [6.07, 6.45) is 4.09. The number of hydrogen-bond donors (Lipinski definition) is 1. The van der Waals surface area contributed by atoms with Crippen molar-refractivity contribution in [2.24, 2.45) is 0 Å². The van der Waals surface area contributed by atoms with Crippen LogP contribution in [0, 0.1) is 5.82 Å². The largest absolute Gasteiger partial charge is 0.325 e. The minimum absolute atomic E-state index is 0.0960. The van der Waals surface area contributed by atoms with E-state index >= 15 is 0 Å². The SMILES string of the molecule is CS(=O)(=O)c1ccc(CN2C(=O)NC3(CC4CCC(C3)N4Cc3cccc(F)c3)C2=O)cc1. The highest BCUT2D eigenvalue weighted by Crippen LogP contribution is 2.44. The standard InChI is InChI=1S/C24H26FN3O4S/c1-33(31,32)21-9-5-16(6-10-21)14-28-22(29)24(26-23(28)30)12-19-7-8-20(13-24)27(19)15-17-3-2-4-18(25)11-17/h2-6,9-11,19-20H,7-8,12-15H2,1H3,(H,26,30). The van der Waals surface area contributed by atoms with Crippen LogP contribution in [0.15, 0.2) is 53.4 Å². The molecule has 3 saturated heterocycles. The third kappa shape index (κ3) is 4.04. The smallest absolute Gasteiger partial charge is 0.323 e. The van der Waals surface area contributed by atoms with E-state index in [0.717, 1.165) is 24.7 Å². The lowest BCUT2D eigenvalue weighted by Crippen LogP contribution is -2.58. The lowest BCUT2D eigenvalue weighted by Gasteiger charge is -2.43. The van der Waals surface area contributed by atoms with Crippen LogP contribution in [0.25, 0.3) is 0 Å². The Balaban J connectivity index is 1.31. The molecule has 2 aromatic rings. The summed E-state index contributed by atoms with van der Waals surface area (Å²) in [7, 11) is -3.31. The summed E-state index contributed by atoms with van der Waals surface area (Å²) in [5, 5.41) is 2.97. The molecule has 1 N–H and O–H groups in total. The van der Waals surface area contributed by atoms with Gasteiger partial charge in [0, 0.05) is 24.9 Å². The molecule has 3 aliphatic rings. The number of amides is 3. The van der Waals surface area contributed by atoms with Gasteiger partial charge >= 0.3 is 6.03 Å². The van der Waals surface area contributed by atoms with E-state index in [1.165, 1.54) is 23.1 Å². The predicted octanol–water partition coefficient (Wildman–Crippen LogP) is 2.85. The number of nitrogens with one attached hydrogen (secondary N) is 1. The number of hydrogen-bond acceptors (Lipinski definition) is 5. The Hall–Kier alpha value is -2.78. The van der Waals surface area contributed by atoms with Crippen molar-refractivity contribution >= 4 is 21.8 Å². The van der Waals surface area contributed by atoms with Crippen molar-refractivity contribution in [3.05, 3.63) is 65.5 Å². The van der Waals surface area contributed by atoms with Gasteiger partial charge in [-0.1, -0.05) is 24.3 Å². The monoisotopic (exact) mass is 471 g/mol. The van der Waals surface area contributed by atoms with Crippen molar-refractivity contribution in [1.82, 2.24) is 15.1 Å². The molecule has 0 aromatic heterocycles. The van der Waals surface area contributed by atoms with Crippen molar-refractivity contribution in [1.29, 1.82) is 0 Å². The van der Waals surface area contributed by atoms with E-state index in [1.54, 1.807) is 24.3 Å². The van der Waals surface area contributed by atoms with Crippen LogP contribution in [0.4, 0.5) is 9.18 Å². The maximum absolute atomic E-state index is 13.6. The molecule has 9 heteroatoms. The van der Waals surface area contributed by atoms with Crippen LogP contribution in [0.1, 0.15) is 36.8 Å². The molecule has 3 amide bonds. The van der Waals surface area contributed by atoms with Crippen LogP contribution >= 0.6 is 0 Å². The van der Waals surface area contributed by atoms with E-state index in [1.807, 2.05) is 6.07 Å². The van der Waals surface area contributed by atoms with Gasteiger partial charge in [0.15, 0.2) is 9.84 Å². The zero-order valence-corrected chi connectivity index (χ0v) is 19.1. The van der Waals surface area contributed by atoms with Gasteiger partial charge in [0.2, 0.25) is 0 Å². The first kappa shape index (κ1) is 22.0. The van der Waals surface area contributed by atoms with Crippen LogP contribution < -0.4 is 5.32 Å². The van der Waals surface area contributed by atoms with Crippen LogP contribution in [0.2, 0.25) is 0 Å². The first-order valence-corrected chi connectivity index (χ1v) is 13.0. The van der Waals surface area contributed by atoms with E-state index in [4.69, 9.17) is 0 Å². The van der Waals surface area contributed by atoms with Gasteiger partial charge in [-0.25, -0.2) is 17.6 Å². The minimum Gasteiger partial charge on any atom is -0.323 e. The average molecular weight is 472 g/mol. The maximum atomic E-state index is 13.6. The van der Waals surface area contributed by atoms with Gasteiger partial charge in [-0.15, -0.1) is 0 Å². The number of piperidine rings is 1. The van der Waals surface area contributed by atoms with Gasteiger partial charge in [-0.05, 0) is 61.1 Å². The fourth-order valence-corrected chi connectivity index (χ4v) is 6.20. The fourth-order valence-electron chi connectivity index (χ4n) is 5.57. The number of carbonyl (C=O) groups excluding carboxylic acids is 2. The molecule has 1 spiro atoms. The van der Waals surface area contributed by atoms with Crippen LogP contribution in [-0.2, 0) is 27.7 Å². The lowest BCUT2D eigenvalue weighted by molar-refractivity contribution is -0.134. The number of halogens is 1. The van der Waals surface area contributed by atoms with Crippen LogP contribution in [0.5, 0.6) is 0 Å². The molecule has 3 aliphatic heterocycles. The van der Waals surface area contributed by atoms with Gasteiger partial charge in [0.25, 0.3) is 5.91 Å². The Kier molecular flexibility index (Phi) is 5.29. The van der Waals surface area contributed by atoms with E-state index in [2.05, 4.69) is 10.2 Å². The molecule has 33 heavy (non-hydrogen) atoms. The number of benzene rings is 2. The summed E-state index contributed by atoms with van der Waals surface area (Å²) >= 11 is 0. The molecule has 2 unspecified atom stereocenters. The van der Waals surface area contributed by atoms with E-state index in [-0.39, 0.29) is 35.2 Å². The number of nitrogens with zero attached hydrogens (tertiary/aromatic N) is 2. The third-order valence-electron chi connectivity index (χ3n) is 7.13. The zero-order chi connectivity index (χ0) is 23.4. The van der Waals surface area contributed by atoms with Crippen LogP contribution in [-0.4, -0.2) is 54.0 Å². The van der Waals surface area contributed by atoms with Crippen molar-refractivity contribution in [2.45, 2.75) is 61.3 Å². The van der Waals surface area contributed by atoms with E-state index < -0.39 is 21.4 Å². The Bertz CT molecular complexity index is 1200. The highest BCUT2D eigenvalue weighted by molar-refractivity contribution is 7.90. The molecule has 0 radical (unpaired) electrons. The van der Waals surface area contributed by atoms with Gasteiger partial charge in [0.1, 0.15) is 11.4 Å². The van der Waals surface area contributed by atoms with Crippen molar-refractivity contribution < 1.29 is 22.4 Å². The van der Waals surface area contributed by atoms with Crippen molar-refractivity contribution in [3.8, 4) is 0 Å². The second-order valence-corrected chi connectivity index (χ2v) is 11.4. The molecule has 3 heterocycles. The normalized spacial score (nSPS) is 27.4. The molecule has 3 fully saturated rings. The Morgan fingerprint density at radius 3 is 2.27 bits per heavy atom. The molecule has 5 rings (SSSR count). The average Bonchev–Trinajstić information content (AvgIpc) is 3.11. The second kappa shape index (κ2) is 7.92. The molecule has 7 nitrogen and oxygen atoms in total. The Morgan fingerprint density at radius 2 is 1.67 bits per heavy atom. The number of carbonyl (C=O) groups is 2. The predicted molar refractivity (Wildman–Crippen MR) is 119 cm³/mol. The number of urea groups is 1. The van der Waals surface area contributed by atoms with Crippen molar-refractivity contribution in [3.63, 3.8) is 0 Å². The fraction of sp³-hybridized carbons (Fsp3) is 0.417. The van der Waals surface area contributed by atoms with Gasteiger partial charge < -0.3 is 5.32 Å². The molecule has 174 valence electrons. The highest BCUT2D eigenvalue weighted by Gasteiger charge is 2.58. The summed E-state index contributed by atoms with van der Waals surface area (Å²) < 4.78 is 37.0. The number of imide groups is 1. The topological polar surface area (TPSA) is 86.8 Å². The quantitative estimate of drug-likeness (QED) is 0.678. The van der Waals surface area contributed by atoms with Gasteiger partial charge in [-0.3, -0.25) is 14.6 Å². The molecule has 2 bridgehead atoms. The molecule has 2 atom stereocenters. The minimum atomic E-state index is -3.31. The summed E-state index contributed by atoms with van der Waals surface area (Å²) in [5.74, 6) is -0.478. The van der Waals surface area contributed by atoms with Gasteiger partial charge in [0.05, 0.1) is 11.4 Å². The number of fused-ring (bicyclic) bond motifs is 2. The Morgan fingerprint density at radius 1 is 1.00 bits per heavy atom. The molecule has 0 saturated carbocycles. The first-order chi connectivity index (χ1) is 15.6. The van der Waals surface area contributed by atoms with E-state index in [0.29, 0.717) is 24.9 Å². The van der Waals surface area contributed by atoms with Crippen molar-refractivity contribution in [2.75, 3.05) is 6.26 Å². The summed E-state index contributed by atoms with van der Waals surface area (Å²) in [6.45, 7) is 0.723. The number of rotatable bonds is 5. The molecular formula is C24H26FN3O4S. The summed E-state index contributed by atoms with van der Waals surface area (Å²) in [4.78, 5) is 30.0. The Labute approximate surface area is 192 Å². The molecule has 2 aromatic carbocycles. The number of sulfone groups is 1. The zero-order valence-electron chi connectivity index (χ0n) is 18.3. The van der Waals surface area contributed by atoms with Gasteiger partial charge in [-0.2, -0.15) is 0 Å². The first-order valence-electron chi connectivity index (χ1n) is 11.1. The third-order valence-corrected chi connectivity index (χ3v) is 8.26. The molecular weight excluding hydrogens is 445 g/mol. The lowest BCUT2D eigenvalue weighted by atomic mass is 9.82. The molecule has 0 aliphatic carbocycles.